The molecule has 2 aliphatic rings. The molecule has 2 saturated heterocycles. The summed E-state index contributed by atoms with van der Waals surface area (Å²) < 4.78 is 67.4. The Bertz CT molecular complexity index is 1050. The zero-order valence-electron chi connectivity index (χ0n) is 21.2. The molecule has 2 atom stereocenters. The Hall–Kier alpha value is -3.22. The van der Waals surface area contributed by atoms with Crippen molar-refractivity contribution < 1.29 is 31.5 Å². The minimum absolute atomic E-state index is 0.0243. The molecule has 1 aromatic heterocycles. The molecule has 0 aliphatic carbocycles. The first-order valence-electron chi connectivity index (χ1n) is 12.5. The van der Waals surface area contributed by atoms with Gasteiger partial charge in [-0.2, -0.15) is 22.0 Å². The van der Waals surface area contributed by atoms with Crippen LogP contribution in [0.3, 0.4) is 0 Å². The number of benzene rings is 1. The van der Waals surface area contributed by atoms with Gasteiger partial charge in [0.25, 0.3) is 0 Å². The molecule has 4 rings (SSSR count). The van der Waals surface area contributed by atoms with Gasteiger partial charge in [0.1, 0.15) is 5.75 Å². The van der Waals surface area contributed by atoms with Crippen LogP contribution in [0.15, 0.2) is 36.7 Å². The van der Waals surface area contributed by atoms with Gasteiger partial charge in [0.15, 0.2) is 0 Å². The number of nitrogens with zero attached hydrogens (tertiary/aromatic N) is 5. The van der Waals surface area contributed by atoms with E-state index in [0.717, 1.165) is 43.9 Å². The molecule has 2 aliphatic heterocycles. The number of rotatable bonds is 6. The van der Waals surface area contributed by atoms with E-state index >= 15 is 0 Å². The zero-order chi connectivity index (χ0) is 27.4. The van der Waals surface area contributed by atoms with E-state index in [0.29, 0.717) is 19.6 Å². The normalized spacial score (nSPS) is 21.6. The number of anilines is 1. The van der Waals surface area contributed by atoms with Gasteiger partial charge in [-0.15, -0.1) is 0 Å². The number of carbonyl (C=O) groups is 1. The number of aromatic nitrogens is 2. The summed E-state index contributed by atoms with van der Waals surface area (Å²) in [6.07, 6.45) is -1.38. The van der Waals surface area contributed by atoms with Crippen molar-refractivity contribution in [1.29, 1.82) is 0 Å². The molecule has 8 nitrogen and oxygen atoms in total. The first kappa shape index (κ1) is 27.8. The quantitative estimate of drug-likeness (QED) is 0.547. The van der Waals surface area contributed by atoms with Gasteiger partial charge in [-0.1, -0.05) is 12.1 Å². The molecule has 0 bridgehead atoms. The summed E-state index contributed by atoms with van der Waals surface area (Å²) in [4.78, 5) is 26.7. The van der Waals surface area contributed by atoms with Crippen LogP contribution < -0.4 is 15.0 Å². The second-order valence-electron chi connectivity index (χ2n) is 9.80. The van der Waals surface area contributed by atoms with Crippen LogP contribution >= 0.6 is 0 Å². The molecule has 1 aromatic carbocycles. The van der Waals surface area contributed by atoms with E-state index in [1.54, 1.807) is 21.9 Å². The largest absolute Gasteiger partial charge is 0.435 e. The monoisotopic (exact) mass is 542 g/mol. The first-order valence-corrected chi connectivity index (χ1v) is 12.5. The SMILES string of the molecule is C[C@@H]1CN(c2ncc(C(F)(F)F)cn2)C[C@H](C)N1C(=O)NC1CCN(Cc2ccc(OC(F)F)cc2)CC1. The van der Waals surface area contributed by atoms with E-state index in [4.69, 9.17) is 0 Å². The molecule has 2 amide bonds. The fraction of sp³-hybridized carbons (Fsp3) is 0.560. The van der Waals surface area contributed by atoms with Crippen LogP contribution in [0, 0.1) is 0 Å². The molecule has 2 aromatic rings. The van der Waals surface area contributed by atoms with Gasteiger partial charge in [-0.3, -0.25) is 4.90 Å². The number of piperazine rings is 1. The molecule has 13 heteroatoms. The first-order chi connectivity index (χ1) is 18.0. The fourth-order valence-electron chi connectivity index (χ4n) is 5.04. The highest BCUT2D eigenvalue weighted by Gasteiger charge is 2.36. The van der Waals surface area contributed by atoms with Crippen molar-refractivity contribution in [2.75, 3.05) is 31.1 Å². The topological polar surface area (TPSA) is 73.8 Å². The third kappa shape index (κ3) is 7.00. The summed E-state index contributed by atoms with van der Waals surface area (Å²) in [6, 6.07) is 6.07. The average Bonchev–Trinajstić information content (AvgIpc) is 2.85. The van der Waals surface area contributed by atoms with Gasteiger partial charge < -0.3 is 19.9 Å². The number of urea groups is 1. The number of hydrogen-bond acceptors (Lipinski definition) is 6. The van der Waals surface area contributed by atoms with Crippen molar-refractivity contribution in [3.05, 3.63) is 47.8 Å². The van der Waals surface area contributed by atoms with Crippen LogP contribution in [0.25, 0.3) is 0 Å². The van der Waals surface area contributed by atoms with Crippen molar-refractivity contribution in [2.24, 2.45) is 0 Å². The van der Waals surface area contributed by atoms with Crippen LogP contribution in [0.2, 0.25) is 0 Å². The number of alkyl halides is 5. The highest BCUT2D eigenvalue weighted by Crippen LogP contribution is 2.29. The van der Waals surface area contributed by atoms with Gasteiger partial charge >= 0.3 is 18.8 Å². The lowest BCUT2D eigenvalue weighted by Gasteiger charge is -2.45. The number of nitrogens with one attached hydrogen (secondary N) is 1. The Morgan fingerprint density at radius 1 is 1.05 bits per heavy atom. The smallest absolute Gasteiger partial charge is 0.419 e. The van der Waals surface area contributed by atoms with Crippen molar-refractivity contribution in [3.8, 4) is 5.75 Å². The second kappa shape index (κ2) is 11.7. The van der Waals surface area contributed by atoms with Crippen LogP contribution in [0.5, 0.6) is 5.75 Å². The number of likely N-dealkylation sites (tertiary alicyclic amines) is 1. The number of amides is 2. The highest BCUT2D eigenvalue weighted by atomic mass is 19.4. The van der Waals surface area contributed by atoms with Gasteiger partial charge in [0, 0.05) is 63.2 Å². The van der Waals surface area contributed by atoms with E-state index in [-0.39, 0.29) is 35.9 Å². The van der Waals surface area contributed by atoms with E-state index in [9.17, 15) is 26.7 Å². The minimum Gasteiger partial charge on any atom is -0.435 e. The maximum absolute atomic E-state index is 13.1. The number of ether oxygens (including phenoxy) is 1. The predicted octanol–water partition coefficient (Wildman–Crippen LogP) is 4.37. The van der Waals surface area contributed by atoms with Crippen molar-refractivity contribution in [2.45, 2.75) is 64.1 Å². The molecule has 38 heavy (non-hydrogen) atoms. The Labute approximate surface area is 217 Å². The lowest BCUT2D eigenvalue weighted by Crippen LogP contribution is -2.62. The van der Waals surface area contributed by atoms with Crippen molar-refractivity contribution in [3.63, 3.8) is 0 Å². The molecule has 1 N–H and O–H groups in total. The van der Waals surface area contributed by atoms with Gasteiger partial charge in [0.05, 0.1) is 5.56 Å². The highest BCUT2D eigenvalue weighted by molar-refractivity contribution is 5.75. The zero-order valence-corrected chi connectivity index (χ0v) is 21.2. The minimum atomic E-state index is -4.49. The van der Waals surface area contributed by atoms with E-state index in [1.807, 2.05) is 13.8 Å². The van der Waals surface area contributed by atoms with E-state index < -0.39 is 18.4 Å². The fourth-order valence-corrected chi connectivity index (χ4v) is 5.04. The van der Waals surface area contributed by atoms with Crippen LogP contribution in [0.4, 0.5) is 32.7 Å². The Morgan fingerprint density at radius 3 is 2.16 bits per heavy atom. The Morgan fingerprint density at radius 2 is 1.63 bits per heavy atom. The molecule has 0 saturated carbocycles. The summed E-state index contributed by atoms with van der Waals surface area (Å²) in [6.45, 7) is 4.00. The summed E-state index contributed by atoms with van der Waals surface area (Å²) in [5, 5.41) is 3.14. The van der Waals surface area contributed by atoms with Crippen LogP contribution in [0.1, 0.15) is 37.8 Å². The molecular weight excluding hydrogens is 511 g/mol. The van der Waals surface area contributed by atoms with Crippen molar-refractivity contribution >= 4 is 12.0 Å². The van der Waals surface area contributed by atoms with Crippen molar-refractivity contribution in [1.82, 2.24) is 25.1 Å². The lowest BCUT2D eigenvalue weighted by molar-refractivity contribution is -0.138. The van der Waals surface area contributed by atoms with Gasteiger partial charge in [-0.05, 0) is 44.4 Å². The summed E-state index contributed by atoms with van der Waals surface area (Å²) in [5.74, 6) is 0.335. The molecule has 0 unspecified atom stereocenters. The third-order valence-electron chi connectivity index (χ3n) is 6.87. The number of halogens is 5. The average molecular weight is 543 g/mol. The van der Waals surface area contributed by atoms with Crippen LogP contribution in [-0.4, -0.2) is 76.7 Å². The predicted molar refractivity (Wildman–Crippen MR) is 130 cm³/mol. The molecule has 0 radical (unpaired) electrons. The number of carbonyl (C=O) groups excluding carboxylic acids is 1. The van der Waals surface area contributed by atoms with Gasteiger partial charge in [0.2, 0.25) is 5.95 Å². The molecule has 208 valence electrons. The Balaban J connectivity index is 1.24. The second-order valence-corrected chi connectivity index (χ2v) is 9.80. The maximum Gasteiger partial charge on any atom is 0.419 e. The van der Waals surface area contributed by atoms with E-state index in [1.165, 1.54) is 12.1 Å². The molecule has 2 fully saturated rings. The summed E-state index contributed by atoms with van der Waals surface area (Å²) >= 11 is 0. The maximum atomic E-state index is 13.1. The van der Waals surface area contributed by atoms with Gasteiger partial charge in [-0.25, -0.2) is 14.8 Å². The number of hydrogen-bond donors (Lipinski definition) is 1. The Kier molecular flexibility index (Phi) is 8.54. The standard InChI is InChI=1S/C25H31F5N6O2/c1-16-13-35(23-31-11-19(12-32-23)25(28,29)30)14-17(2)36(16)24(37)33-20-7-9-34(10-8-20)15-18-3-5-21(6-4-18)38-22(26)27/h3-6,11-12,16-17,20,22H,7-10,13-15H2,1-2H3,(H,33,37)/t16-,17+. The van der Waals surface area contributed by atoms with E-state index in [2.05, 4.69) is 24.9 Å². The third-order valence-corrected chi connectivity index (χ3v) is 6.87. The lowest BCUT2D eigenvalue weighted by atomic mass is 10.0. The molecular formula is C25H31F5N6O2. The molecule has 0 spiro atoms. The number of piperidine rings is 1. The molecule has 3 heterocycles. The summed E-state index contributed by atoms with van der Waals surface area (Å²) in [7, 11) is 0. The summed E-state index contributed by atoms with van der Waals surface area (Å²) in [5.41, 5.74) is 0.0930. The van der Waals surface area contributed by atoms with Crippen LogP contribution in [-0.2, 0) is 12.7 Å².